The zero-order valence-corrected chi connectivity index (χ0v) is 22.5. The fourth-order valence-corrected chi connectivity index (χ4v) is 5.15. The van der Waals surface area contributed by atoms with Crippen LogP contribution >= 0.6 is 0 Å². The molecule has 4 rings (SSSR count). The largest absolute Gasteiger partial charge is 0.375 e. The van der Waals surface area contributed by atoms with E-state index in [2.05, 4.69) is 20.9 Å². The maximum absolute atomic E-state index is 13.4. The van der Waals surface area contributed by atoms with Crippen molar-refractivity contribution in [2.45, 2.75) is 51.1 Å². The number of nitrogens with zero attached hydrogens (tertiary/aromatic N) is 2. The van der Waals surface area contributed by atoms with Gasteiger partial charge in [0.05, 0.1) is 5.56 Å². The smallest absolute Gasteiger partial charge is 0.317 e. The van der Waals surface area contributed by atoms with Gasteiger partial charge in [-0.15, -0.1) is 0 Å². The topological polar surface area (TPSA) is 103 Å². The van der Waals surface area contributed by atoms with Crippen molar-refractivity contribution >= 4 is 29.2 Å². The van der Waals surface area contributed by atoms with E-state index in [1.807, 2.05) is 11.0 Å². The lowest BCUT2D eigenvalue weighted by molar-refractivity contribution is -0.119. The molecule has 0 atom stereocenters. The van der Waals surface area contributed by atoms with Gasteiger partial charge in [-0.05, 0) is 55.2 Å². The third-order valence-corrected chi connectivity index (χ3v) is 7.22. The highest BCUT2D eigenvalue weighted by atomic mass is 19.1. The summed E-state index contributed by atoms with van der Waals surface area (Å²) in [6.07, 6.45) is 6.39. The monoisotopic (exact) mass is 539 g/mol. The first-order valence-corrected chi connectivity index (χ1v) is 13.7. The van der Waals surface area contributed by atoms with Crippen LogP contribution in [0, 0.1) is 5.82 Å². The Balaban J connectivity index is 1.47. The number of carbonyl (C=O) groups is 3. The predicted octanol–water partition coefficient (Wildman–Crippen LogP) is 3.90. The third-order valence-electron chi connectivity index (χ3n) is 7.22. The first-order valence-electron chi connectivity index (χ1n) is 13.7. The van der Waals surface area contributed by atoms with Crippen LogP contribution in [-0.4, -0.2) is 68.7 Å². The number of hydrogen-bond donors (Lipinski definition) is 3. The van der Waals surface area contributed by atoms with Crippen LogP contribution in [0.3, 0.4) is 0 Å². The van der Waals surface area contributed by atoms with Crippen molar-refractivity contribution in [1.82, 2.24) is 15.5 Å². The maximum Gasteiger partial charge on any atom is 0.317 e. The Hall–Kier alpha value is -3.66. The molecule has 4 amide bonds. The van der Waals surface area contributed by atoms with Gasteiger partial charge in [-0.1, -0.05) is 31.4 Å². The summed E-state index contributed by atoms with van der Waals surface area (Å²) >= 11 is 0. The number of hydrogen-bond acceptors (Lipinski definition) is 5. The first kappa shape index (κ1) is 28.4. The lowest BCUT2D eigenvalue weighted by atomic mass is 9.96. The first-order chi connectivity index (χ1) is 18.9. The number of anilines is 2. The molecule has 2 fully saturated rings. The van der Waals surface area contributed by atoms with E-state index < -0.39 is 0 Å². The van der Waals surface area contributed by atoms with E-state index in [-0.39, 0.29) is 42.9 Å². The number of rotatable bonds is 8. The number of halogens is 1. The summed E-state index contributed by atoms with van der Waals surface area (Å²) in [5, 5.41) is 8.87. The molecular weight excluding hydrogens is 501 g/mol. The summed E-state index contributed by atoms with van der Waals surface area (Å²) in [6, 6.07) is 11.4. The van der Waals surface area contributed by atoms with E-state index in [9.17, 15) is 18.8 Å². The van der Waals surface area contributed by atoms with E-state index in [0.717, 1.165) is 43.4 Å². The van der Waals surface area contributed by atoms with Crippen LogP contribution in [0.4, 0.5) is 20.6 Å². The third kappa shape index (κ3) is 8.16. The van der Waals surface area contributed by atoms with Crippen molar-refractivity contribution in [1.29, 1.82) is 0 Å². The van der Waals surface area contributed by atoms with Crippen LogP contribution in [0.2, 0.25) is 0 Å². The minimum Gasteiger partial charge on any atom is -0.375 e. The minimum atomic E-state index is -0.338. The SMILES string of the molecule is COCC(=O)Nc1ccc(N2CCCN(C(=O)NC3CCCCC3)CC2)c(C(=O)NCc2ccc(F)cc2)c1. The molecule has 10 heteroatoms. The van der Waals surface area contributed by atoms with Gasteiger partial charge in [-0.25, -0.2) is 9.18 Å². The lowest BCUT2D eigenvalue weighted by Gasteiger charge is -2.28. The van der Waals surface area contributed by atoms with Gasteiger partial charge in [0.1, 0.15) is 12.4 Å². The van der Waals surface area contributed by atoms with Crippen molar-refractivity contribution in [3.05, 3.63) is 59.4 Å². The highest BCUT2D eigenvalue weighted by Gasteiger charge is 2.25. The van der Waals surface area contributed by atoms with Crippen molar-refractivity contribution < 1.29 is 23.5 Å². The van der Waals surface area contributed by atoms with Gasteiger partial charge >= 0.3 is 6.03 Å². The Bertz CT molecular complexity index is 1140. The maximum atomic E-state index is 13.4. The molecule has 3 N–H and O–H groups in total. The molecule has 0 aromatic heterocycles. The van der Waals surface area contributed by atoms with E-state index in [1.165, 1.54) is 25.7 Å². The second-order valence-corrected chi connectivity index (χ2v) is 10.1. The van der Waals surface area contributed by atoms with Crippen LogP contribution in [0.1, 0.15) is 54.4 Å². The van der Waals surface area contributed by atoms with Gasteiger partial charge in [0.25, 0.3) is 5.91 Å². The van der Waals surface area contributed by atoms with Gasteiger partial charge < -0.3 is 30.5 Å². The van der Waals surface area contributed by atoms with Crippen LogP contribution in [-0.2, 0) is 16.1 Å². The van der Waals surface area contributed by atoms with Gasteiger partial charge in [0.2, 0.25) is 5.91 Å². The van der Waals surface area contributed by atoms with Crippen molar-refractivity contribution in [3.63, 3.8) is 0 Å². The van der Waals surface area contributed by atoms with Gasteiger partial charge in [0.15, 0.2) is 0 Å². The molecule has 2 aromatic carbocycles. The Morgan fingerprint density at radius 1 is 0.949 bits per heavy atom. The molecule has 1 aliphatic carbocycles. The Morgan fingerprint density at radius 2 is 1.72 bits per heavy atom. The van der Waals surface area contributed by atoms with E-state index in [1.54, 1.807) is 24.3 Å². The lowest BCUT2D eigenvalue weighted by Crippen LogP contribution is -2.46. The van der Waals surface area contributed by atoms with Crippen molar-refractivity contribution in [2.75, 3.05) is 50.1 Å². The summed E-state index contributed by atoms with van der Waals surface area (Å²) in [4.78, 5) is 42.4. The zero-order valence-electron chi connectivity index (χ0n) is 22.5. The quantitative estimate of drug-likeness (QED) is 0.472. The van der Waals surface area contributed by atoms with Crippen molar-refractivity contribution in [3.8, 4) is 0 Å². The van der Waals surface area contributed by atoms with Gasteiger partial charge in [-0.3, -0.25) is 9.59 Å². The number of urea groups is 1. The summed E-state index contributed by atoms with van der Waals surface area (Å²) in [7, 11) is 1.44. The summed E-state index contributed by atoms with van der Waals surface area (Å²) in [5.74, 6) is -0.972. The molecule has 1 saturated carbocycles. The molecule has 0 spiro atoms. The highest BCUT2D eigenvalue weighted by molar-refractivity contribution is 6.02. The second-order valence-electron chi connectivity index (χ2n) is 10.1. The predicted molar refractivity (Wildman–Crippen MR) is 148 cm³/mol. The Kier molecular flexibility index (Phi) is 10.1. The van der Waals surface area contributed by atoms with E-state index >= 15 is 0 Å². The Morgan fingerprint density at radius 3 is 2.46 bits per heavy atom. The fourth-order valence-electron chi connectivity index (χ4n) is 5.15. The molecule has 1 aliphatic heterocycles. The minimum absolute atomic E-state index is 0.0165. The molecule has 2 aromatic rings. The van der Waals surface area contributed by atoms with E-state index in [0.29, 0.717) is 37.4 Å². The van der Waals surface area contributed by atoms with Crippen LogP contribution in [0.15, 0.2) is 42.5 Å². The number of ether oxygens (including phenoxy) is 1. The standard InChI is InChI=1S/C29H38FN5O4/c1-39-20-27(36)32-24-12-13-26(25(18-24)28(37)31-19-21-8-10-22(30)11-9-21)34-14-5-15-35(17-16-34)29(38)33-23-6-3-2-4-7-23/h8-13,18,23H,2-7,14-17,19-20H2,1H3,(H,31,37)(H,32,36)(H,33,38). The number of benzene rings is 2. The molecular formula is C29H38FN5O4. The number of amides is 4. The van der Waals surface area contributed by atoms with E-state index in [4.69, 9.17) is 4.74 Å². The molecule has 1 heterocycles. The second kappa shape index (κ2) is 13.9. The molecule has 39 heavy (non-hydrogen) atoms. The molecule has 0 unspecified atom stereocenters. The molecule has 1 saturated heterocycles. The molecule has 9 nitrogen and oxygen atoms in total. The summed E-state index contributed by atoms with van der Waals surface area (Å²) < 4.78 is 18.2. The highest BCUT2D eigenvalue weighted by Crippen LogP contribution is 2.26. The molecule has 2 aliphatic rings. The normalized spacial score (nSPS) is 16.4. The molecule has 210 valence electrons. The average Bonchev–Trinajstić information content (AvgIpc) is 3.20. The average molecular weight is 540 g/mol. The number of carbonyl (C=O) groups excluding carboxylic acids is 3. The summed E-state index contributed by atoms with van der Waals surface area (Å²) in [6.45, 7) is 2.58. The van der Waals surface area contributed by atoms with Crippen LogP contribution in [0.5, 0.6) is 0 Å². The van der Waals surface area contributed by atoms with Gasteiger partial charge in [0, 0.05) is 57.3 Å². The van der Waals surface area contributed by atoms with Crippen LogP contribution in [0.25, 0.3) is 0 Å². The zero-order chi connectivity index (χ0) is 27.6. The molecule has 0 bridgehead atoms. The Labute approximate surface area is 229 Å². The fraction of sp³-hybridized carbons (Fsp3) is 0.483. The number of nitrogens with one attached hydrogen (secondary N) is 3. The molecule has 0 radical (unpaired) electrons. The van der Waals surface area contributed by atoms with Gasteiger partial charge in [-0.2, -0.15) is 0 Å². The van der Waals surface area contributed by atoms with Crippen molar-refractivity contribution in [2.24, 2.45) is 0 Å². The number of methoxy groups -OCH3 is 1. The van der Waals surface area contributed by atoms with Crippen LogP contribution < -0.4 is 20.9 Å². The summed E-state index contributed by atoms with van der Waals surface area (Å²) in [5.41, 5.74) is 2.39.